The fourth-order valence-electron chi connectivity index (χ4n) is 2.16. The smallest absolute Gasteiger partial charge is 0.405 e. The van der Waals surface area contributed by atoms with Gasteiger partial charge in [0.15, 0.2) is 6.10 Å². The molecule has 1 atom stereocenters. The maximum Gasteiger partial charge on any atom is 0.405 e. The molecular weight excluding hydrogens is 327 g/mol. The average molecular weight is 343 g/mol. The van der Waals surface area contributed by atoms with Crippen LogP contribution in [0.4, 0.5) is 13.2 Å². The Balaban J connectivity index is 2.15. The van der Waals surface area contributed by atoms with E-state index >= 15 is 0 Å². The highest BCUT2D eigenvalue weighted by Gasteiger charge is 2.29. The first-order valence-corrected chi connectivity index (χ1v) is 7.27. The Morgan fingerprint density at radius 3 is 2.67 bits per heavy atom. The van der Waals surface area contributed by atoms with Crippen molar-refractivity contribution in [2.75, 3.05) is 6.54 Å². The number of halogens is 3. The van der Waals surface area contributed by atoms with Crippen LogP contribution in [0.5, 0.6) is 5.75 Å². The molecule has 1 N–H and O–H groups in total. The molecule has 24 heavy (non-hydrogen) atoms. The van der Waals surface area contributed by atoms with Gasteiger partial charge in [-0.2, -0.15) is 13.2 Å². The zero-order chi connectivity index (χ0) is 17.9. The lowest BCUT2D eigenvalue weighted by Gasteiger charge is -2.16. The summed E-state index contributed by atoms with van der Waals surface area (Å²) in [5.74, 6) is -0.676. The SMILES string of the molecule is CCc1cc(=O)oc2cc(OC(C)C(=O)NCC(F)(F)F)ccc12. The Kier molecular flexibility index (Phi) is 5.16. The minimum Gasteiger partial charge on any atom is -0.481 e. The highest BCUT2D eigenvalue weighted by atomic mass is 19.4. The molecule has 1 unspecified atom stereocenters. The first-order chi connectivity index (χ1) is 11.2. The molecule has 130 valence electrons. The van der Waals surface area contributed by atoms with Crippen LogP contribution in [-0.2, 0) is 11.2 Å². The number of nitrogens with one attached hydrogen (secondary N) is 1. The van der Waals surface area contributed by atoms with Crippen LogP contribution in [0.1, 0.15) is 19.4 Å². The van der Waals surface area contributed by atoms with Crippen LogP contribution in [0.2, 0.25) is 0 Å². The third-order valence-corrected chi connectivity index (χ3v) is 3.33. The van der Waals surface area contributed by atoms with E-state index in [2.05, 4.69) is 0 Å². The molecule has 0 aliphatic rings. The summed E-state index contributed by atoms with van der Waals surface area (Å²) >= 11 is 0. The van der Waals surface area contributed by atoms with Gasteiger partial charge < -0.3 is 14.5 Å². The highest BCUT2D eigenvalue weighted by Crippen LogP contribution is 2.23. The molecule has 8 heteroatoms. The zero-order valence-corrected chi connectivity index (χ0v) is 13.1. The van der Waals surface area contributed by atoms with Crippen LogP contribution in [0, 0.1) is 0 Å². The quantitative estimate of drug-likeness (QED) is 0.848. The Morgan fingerprint density at radius 1 is 1.33 bits per heavy atom. The van der Waals surface area contributed by atoms with Crippen molar-refractivity contribution in [1.29, 1.82) is 0 Å². The molecule has 0 spiro atoms. The predicted molar refractivity (Wildman–Crippen MR) is 81.0 cm³/mol. The second-order valence-electron chi connectivity index (χ2n) is 5.20. The second-order valence-corrected chi connectivity index (χ2v) is 5.20. The lowest BCUT2D eigenvalue weighted by Crippen LogP contribution is -2.41. The maximum atomic E-state index is 12.1. The number of fused-ring (bicyclic) bond motifs is 1. The number of hydrogen-bond acceptors (Lipinski definition) is 4. The van der Waals surface area contributed by atoms with Crippen LogP contribution in [0.25, 0.3) is 11.0 Å². The van der Waals surface area contributed by atoms with Gasteiger partial charge in [-0.1, -0.05) is 6.92 Å². The Hall–Kier alpha value is -2.51. The molecule has 2 aromatic rings. The standard InChI is InChI=1S/C16H16F3NO4/c1-3-10-6-14(21)24-13-7-11(4-5-12(10)13)23-9(2)15(22)20-8-16(17,18)19/h4-7,9H,3,8H2,1-2H3,(H,20,22). The molecule has 1 heterocycles. The van der Waals surface area contributed by atoms with Gasteiger partial charge in [-0.15, -0.1) is 0 Å². The molecule has 1 amide bonds. The third kappa shape index (κ3) is 4.50. The van der Waals surface area contributed by atoms with Crippen molar-refractivity contribution in [2.45, 2.75) is 32.5 Å². The summed E-state index contributed by atoms with van der Waals surface area (Å²) in [4.78, 5) is 23.1. The van der Waals surface area contributed by atoms with E-state index in [0.29, 0.717) is 12.0 Å². The van der Waals surface area contributed by atoms with E-state index in [-0.39, 0.29) is 5.75 Å². The molecule has 0 bridgehead atoms. The molecule has 0 saturated heterocycles. The summed E-state index contributed by atoms with van der Waals surface area (Å²) in [6, 6.07) is 6.07. The third-order valence-electron chi connectivity index (χ3n) is 3.33. The summed E-state index contributed by atoms with van der Waals surface area (Å²) in [5, 5.41) is 2.48. The van der Waals surface area contributed by atoms with Crippen molar-refractivity contribution < 1.29 is 27.1 Å². The molecule has 0 aliphatic heterocycles. The lowest BCUT2D eigenvalue weighted by molar-refractivity contribution is -0.142. The van der Waals surface area contributed by atoms with Gasteiger partial charge in [0.1, 0.15) is 17.9 Å². The van der Waals surface area contributed by atoms with Gasteiger partial charge in [0.2, 0.25) is 0 Å². The summed E-state index contributed by atoms with van der Waals surface area (Å²) in [7, 11) is 0. The van der Waals surface area contributed by atoms with Gasteiger partial charge in [0.25, 0.3) is 5.91 Å². The summed E-state index contributed by atoms with van der Waals surface area (Å²) in [6.07, 6.45) is -4.98. The zero-order valence-electron chi connectivity index (χ0n) is 13.1. The van der Waals surface area contributed by atoms with E-state index < -0.39 is 30.4 Å². The monoisotopic (exact) mass is 343 g/mol. The van der Waals surface area contributed by atoms with E-state index in [1.807, 2.05) is 6.92 Å². The number of benzene rings is 1. The minimum absolute atomic E-state index is 0.216. The van der Waals surface area contributed by atoms with Crippen molar-refractivity contribution in [2.24, 2.45) is 0 Å². The highest BCUT2D eigenvalue weighted by molar-refractivity contribution is 5.83. The van der Waals surface area contributed by atoms with Gasteiger partial charge in [-0.25, -0.2) is 4.79 Å². The van der Waals surface area contributed by atoms with Crippen molar-refractivity contribution in [3.8, 4) is 5.75 Å². The molecule has 5 nitrogen and oxygen atoms in total. The molecule has 0 radical (unpaired) electrons. The number of hydrogen-bond donors (Lipinski definition) is 1. The summed E-state index contributed by atoms with van der Waals surface area (Å²) in [5.41, 5.74) is 0.594. The number of carbonyl (C=O) groups is 1. The van der Waals surface area contributed by atoms with Gasteiger partial charge in [0, 0.05) is 17.5 Å². The van der Waals surface area contributed by atoms with E-state index in [1.54, 1.807) is 17.4 Å². The molecule has 1 aromatic heterocycles. The van der Waals surface area contributed by atoms with Crippen LogP contribution in [-0.4, -0.2) is 24.7 Å². The lowest BCUT2D eigenvalue weighted by atomic mass is 10.1. The first-order valence-electron chi connectivity index (χ1n) is 7.27. The van der Waals surface area contributed by atoms with Crippen molar-refractivity contribution in [3.05, 3.63) is 40.2 Å². The van der Waals surface area contributed by atoms with Gasteiger partial charge in [-0.3, -0.25) is 4.79 Å². The summed E-state index contributed by atoms with van der Waals surface area (Å²) in [6.45, 7) is 1.80. The molecule has 0 saturated carbocycles. The van der Waals surface area contributed by atoms with E-state index in [9.17, 15) is 22.8 Å². The van der Waals surface area contributed by atoms with Crippen LogP contribution < -0.4 is 15.7 Å². The van der Waals surface area contributed by atoms with Gasteiger partial charge in [0.05, 0.1) is 0 Å². The molecular formula is C16H16F3NO4. The van der Waals surface area contributed by atoms with Gasteiger partial charge in [-0.05, 0) is 31.0 Å². The van der Waals surface area contributed by atoms with E-state index in [0.717, 1.165) is 10.9 Å². The largest absolute Gasteiger partial charge is 0.481 e. The van der Waals surface area contributed by atoms with Crippen molar-refractivity contribution in [1.82, 2.24) is 5.32 Å². The predicted octanol–water partition coefficient (Wildman–Crippen LogP) is 2.80. The number of aryl methyl sites for hydroxylation is 1. The number of alkyl halides is 3. The Morgan fingerprint density at radius 2 is 2.04 bits per heavy atom. The number of carbonyl (C=O) groups excluding carboxylic acids is 1. The average Bonchev–Trinajstić information content (AvgIpc) is 2.50. The van der Waals surface area contributed by atoms with Crippen LogP contribution in [0.15, 0.2) is 33.5 Å². The van der Waals surface area contributed by atoms with Crippen LogP contribution >= 0.6 is 0 Å². The van der Waals surface area contributed by atoms with Crippen molar-refractivity contribution in [3.63, 3.8) is 0 Å². The Labute approximate surface area is 135 Å². The number of ether oxygens (including phenoxy) is 1. The maximum absolute atomic E-state index is 12.1. The van der Waals surface area contributed by atoms with Crippen LogP contribution in [0.3, 0.4) is 0 Å². The fraction of sp³-hybridized carbons (Fsp3) is 0.375. The normalized spacial score (nSPS) is 12.9. The number of rotatable bonds is 5. The first kappa shape index (κ1) is 17.8. The summed E-state index contributed by atoms with van der Waals surface area (Å²) < 4.78 is 46.7. The molecule has 0 fully saturated rings. The molecule has 2 rings (SSSR count). The van der Waals surface area contributed by atoms with Gasteiger partial charge >= 0.3 is 11.8 Å². The fourth-order valence-corrected chi connectivity index (χ4v) is 2.16. The number of amides is 1. The van der Waals surface area contributed by atoms with E-state index in [1.165, 1.54) is 19.1 Å². The molecule has 0 aliphatic carbocycles. The Bertz CT molecular complexity index is 798. The minimum atomic E-state index is -4.49. The van der Waals surface area contributed by atoms with Crippen molar-refractivity contribution >= 4 is 16.9 Å². The molecule has 1 aromatic carbocycles. The second kappa shape index (κ2) is 6.94. The van der Waals surface area contributed by atoms with E-state index in [4.69, 9.17) is 9.15 Å². The topological polar surface area (TPSA) is 68.5 Å².